The van der Waals surface area contributed by atoms with Crippen LogP contribution in [0.15, 0.2) is 47.7 Å². The highest BCUT2D eigenvalue weighted by molar-refractivity contribution is 7.86. The van der Waals surface area contributed by atoms with Crippen molar-refractivity contribution in [2.45, 2.75) is 11.8 Å². The molecule has 0 heterocycles. The van der Waals surface area contributed by atoms with Gasteiger partial charge in [0.25, 0.3) is 0 Å². The van der Waals surface area contributed by atoms with Gasteiger partial charge < -0.3 is 4.18 Å². The summed E-state index contributed by atoms with van der Waals surface area (Å²) in [5.41, 5.74) is 3.22. The van der Waals surface area contributed by atoms with Crippen molar-refractivity contribution in [3.05, 3.63) is 48.4 Å². The van der Waals surface area contributed by atoms with Crippen LogP contribution in [-0.2, 0) is 14.3 Å². The molecule has 0 atom stereocenters. The van der Waals surface area contributed by atoms with Crippen molar-refractivity contribution in [3.63, 3.8) is 0 Å². The van der Waals surface area contributed by atoms with Crippen LogP contribution in [0, 0.1) is 6.92 Å². The van der Waals surface area contributed by atoms with Crippen LogP contribution in [-0.4, -0.2) is 8.42 Å². The van der Waals surface area contributed by atoms with Crippen LogP contribution < -0.4 is 0 Å². The molecule has 1 aromatic carbocycles. The van der Waals surface area contributed by atoms with Gasteiger partial charge in [0.2, 0.25) is 0 Å². The molecule has 3 nitrogen and oxygen atoms in total. The van der Waals surface area contributed by atoms with Gasteiger partial charge in [0.15, 0.2) is 0 Å². The molecular weight excluding hydrogens is 200 g/mol. The van der Waals surface area contributed by atoms with Gasteiger partial charge >= 0.3 is 10.1 Å². The average Bonchev–Trinajstić information content (AvgIpc) is 2.16. The smallest absolute Gasteiger partial charge is 0.339 e. The topological polar surface area (TPSA) is 43.4 Å². The van der Waals surface area contributed by atoms with E-state index in [-0.39, 0.29) is 4.90 Å². The Labute approximate surface area is 83.5 Å². The highest BCUT2D eigenvalue weighted by atomic mass is 32.2. The van der Waals surface area contributed by atoms with Crippen LogP contribution >= 0.6 is 0 Å². The molecule has 0 aliphatic heterocycles. The Bertz CT molecular complexity index is 451. The predicted octanol–water partition coefficient (Wildman–Crippen LogP) is 2.00. The predicted molar refractivity (Wildman–Crippen MR) is 53.2 cm³/mol. The van der Waals surface area contributed by atoms with Crippen LogP contribution in [0.3, 0.4) is 0 Å². The fraction of sp³-hybridized carbons (Fsp3) is 0.100. The van der Waals surface area contributed by atoms with Gasteiger partial charge in [0.05, 0.1) is 0 Å². The van der Waals surface area contributed by atoms with Crippen molar-refractivity contribution in [2.75, 3.05) is 0 Å². The molecule has 0 saturated heterocycles. The second kappa shape index (κ2) is 4.13. The normalized spacial score (nSPS) is 10.4. The molecule has 0 aliphatic carbocycles. The first-order chi connectivity index (χ1) is 6.56. The molecule has 0 radical (unpaired) electrons. The van der Waals surface area contributed by atoms with Crippen LogP contribution in [0.25, 0.3) is 0 Å². The van der Waals surface area contributed by atoms with E-state index in [4.69, 9.17) is 0 Å². The molecule has 0 N–H and O–H groups in total. The standard InChI is InChI=1S/C10H10O3S/c1-3-8-13-14(11,12)10-6-4-9(2)5-7-10/h4-8H,1H2,2H3. The largest absolute Gasteiger partial charge is 0.378 e. The molecule has 0 aliphatic rings. The lowest BCUT2D eigenvalue weighted by atomic mass is 10.2. The van der Waals surface area contributed by atoms with E-state index in [1.54, 1.807) is 12.1 Å². The van der Waals surface area contributed by atoms with Gasteiger partial charge in [-0.05, 0) is 19.1 Å². The van der Waals surface area contributed by atoms with E-state index in [1.807, 2.05) is 6.92 Å². The lowest BCUT2D eigenvalue weighted by molar-refractivity contribution is 0.444. The quantitative estimate of drug-likeness (QED) is 0.435. The van der Waals surface area contributed by atoms with Gasteiger partial charge in [0, 0.05) is 0 Å². The van der Waals surface area contributed by atoms with Crippen molar-refractivity contribution in [2.24, 2.45) is 0 Å². The van der Waals surface area contributed by atoms with Crippen molar-refractivity contribution in [1.82, 2.24) is 0 Å². The van der Waals surface area contributed by atoms with E-state index in [9.17, 15) is 8.42 Å². The summed E-state index contributed by atoms with van der Waals surface area (Å²) >= 11 is 0. The number of aryl methyl sites for hydroxylation is 1. The Balaban J connectivity index is 3.04. The summed E-state index contributed by atoms with van der Waals surface area (Å²) in [4.78, 5) is 0.120. The third-order valence-corrected chi connectivity index (χ3v) is 2.77. The van der Waals surface area contributed by atoms with E-state index < -0.39 is 10.1 Å². The maximum absolute atomic E-state index is 11.4. The lowest BCUT2D eigenvalue weighted by Crippen LogP contribution is -2.01. The molecule has 4 heteroatoms. The summed E-state index contributed by atoms with van der Waals surface area (Å²) in [6.45, 7) is 5.08. The number of rotatable bonds is 3. The Hall–Kier alpha value is -1.51. The highest BCUT2D eigenvalue weighted by Crippen LogP contribution is 2.12. The number of hydrogen-bond acceptors (Lipinski definition) is 3. The molecule has 0 bridgehead atoms. The van der Waals surface area contributed by atoms with Gasteiger partial charge in [-0.1, -0.05) is 30.0 Å². The fourth-order valence-electron chi connectivity index (χ4n) is 0.858. The van der Waals surface area contributed by atoms with Crippen molar-refractivity contribution >= 4 is 10.1 Å². The maximum Gasteiger partial charge on any atom is 0.339 e. The first-order valence-corrected chi connectivity index (χ1v) is 5.31. The number of benzene rings is 1. The summed E-state index contributed by atoms with van der Waals surface area (Å²) in [6.07, 6.45) is 0.912. The summed E-state index contributed by atoms with van der Waals surface area (Å²) in [7, 11) is -3.70. The second-order valence-electron chi connectivity index (χ2n) is 2.69. The molecule has 0 fully saturated rings. The van der Waals surface area contributed by atoms with Gasteiger partial charge in [-0.25, -0.2) is 0 Å². The molecule has 74 valence electrons. The monoisotopic (exact) mass is 210 g/mol. The molecule has 0 amide bonds. The second-order valence-corrected chi connectivity index (χ2v) is 4.26. The molecular formula is C10H10O3S. The van der Waals surface area contributed by atoms with Crippen LogP contribution in [0.5, 0.6) is 0 Å². The average molecular weight is 210 g/mol. The third-order valence-electron chi connectivity index (χ3n) is 1.57. The van der Waals surface area contributed by atoms with Crippen molar-refractivity contribution in [1.29, 1.82) is 0 Å². The van der Waals surface area contributed by atoms with Crippen LogP contribution in [0.1, 0.15) is 5.56 Å². The third kappa shape index (κ3) is 2.49. The van der Waals surface area contributed by atoms with E-state index in [2.05, 4.69) is 16.5 Å². The van der Waals surface area contributed by atoms with Crippen molar-refractivity contribution < 1.29 is 12.6 Å². The van der Waals surface area contributed by atoms with Gasteiger partial charge in [-0.3, -0.25) is 0 Å². The Kier molecular flexibility index (Phi) is 3.12. The molecule has 0 unspecified atom stereocenters. The summed E-state index contributed by atoms with van der Waals surface area (Å²) < 4.78 is 27.2. The lowest BCUT2D eigenvalue weighted by Gasteiger charge is -2.01. The van der Waals surface area contributed by atoms with Crippen LogP contribution in [0.4, 0.5) is 0 Å². The van der Waals surface area contributed by atoms with Gasteiger partial charge in [0.1, 0.15) is 11.2 Å². The minimum absolute atomic E-state index is 0.120. The zero-order chi connectivity index (χ0) is 10.6. The fourth-order valence-corrected chi connectivity index (χ4v) is 1.63. The molecule has 1 rings (SSSR count). The molecule has 1 aromatic rings. The first-order valence-electron chi connectivity index (χ1n) is 3.90. The first kappa shape index (κ1) is 10.6. The highest BCUT2D eigenvalue weighted by Gasteiger charge is 2.12. The van der Waals surface area contributed by atoms with Gasteiger partial charge in [-0.15, -0.1) is 0 Å². The van der Waals surface area contributed by atoms with E-state index >= 15 is 0 Å². The molecule has 14 heavy (non-hydrogen) atoms. The maximum atomic E-state index is 11.4. The Morgan fingerprint density at radius 2 is 1.93 bits per heavy atom. The van der Waals surface area contributed by atoms with E-state index in [0.717, 1.165) is 11.8 Å². The SMILES string of the molecule is C=C=COS(=O)(=O)c1ccc(C)cc1. The molecule has 0 aromatic heterocycles. The van der Waals surface area contributed by atoms with Gasteiger partial charge in [-0.2, -0.15) is 8.42 Å². The molecule has 0 saturated carbocycles. The van der Waals surface area contributed by atoms with E-state index in [0.29, 0.717) is 0 Å². The molecule has 0 spiro atoms. The summed E-state index contributed by atoms with van der Waals surface area (Å²) in [5.74, 6) is 0. The minimum atomic E-state index is -3.70. The Morgan fingerprint density at radius 3 is 2.43 bits per heavy atom. The minimum Gasteiger partial charge on any atom is -0.378 e. The van der Waals surface area contributed by atoms with Crippen molar-refractivity contribution in [3.8, 4) is 0 Å². The summed E-state index contributed by atoms with van der Waals surface area (Å²) in [6, 6.07) is 6.38. The zero-order valence-corrected chi connectivity index (χ0v) is 8.54. The number of hydrogen-bond donors (Lipinski definition) is 0. The van der Waals surface area contributed by atoms with Crippen LogP contribution in [0.2, 0.25) is 0 Å². The summed E-state index contributed by atoms with van der Waals surface area (Å²) in [5, 5.41) is 0. The van der Waals surface area contributed by atoms with E-state index in [1.165, 1.54) is 12.1 Å². The Morgan fingerprint density at radius 1 is 1.36 bits per heavy atom. The zero-order valence-electron chi connectivity index (χ0n) is 7.73.